The molecule has 45 heavy (non-hydrogen) atoms. The summed E-state index contributed by atoms with van der Waals surface area (Å²) < 4.78 is 24.5. The first-order chi connectivity index (χ1) is 21.1. The second-order valence-electron chi connectivity index (χ2n) is 13.8. The topological polar surface area (TPSA) is 94.5 Å². The van der Waals surface area contributed by atoms with Crippen LogP contribution in [0.5, 0.6) is 5.75 Å². The minimum Gasteiger partial charge on any atom is -0.489 e. The van der Waals surface area contributed by atoms with Gasteiger partial charge in [0.25, 0.3) is 0 Å². The summed E-state index contributed by atoms with van der Waals surface area (Å²) in [5.41, 5.74) is 2.11. The van der Waals surface area contributed by atoms with Gasteiger partial charge in [-0.05, 0) is 62.0 Å². The maximum Gasteiger partial charge on any atom is 0.494 e. The van der Waals surface area contributed by atoms with Crippen LogP contribution in [0.4, 0.5) is 4.79 Å². The van der Waals surface area contributed by atoms with Crippen LogP contribution in [0.15, 0.2) is 78.9 Å². The summed E-state index contributed by atoms with van der Waals surface area (Å²) in [6, 6.07) is 24.3. The van der Waals surface area contributed by atoms with Crippen LogP contribution in [-0.4, -0.2) is 61.0 Å². The molecule has 1 aliphatic rings. The van der Waals surface area contributed by atoms with E-state index < -0.39 is 44.5 Å². The van der Waals surface area contributed by atoms with Crippen molar-refractivity contribution in [1.29, 1.82) is 0 Å². The third-order valence-corrected chi connectivity index (χ3v) is 10.2. The van der Waals surface area contributed by atoms with Gasteiger partial charge < -0.3 is 23.9 Å². The van der Waals surface area contributed by atoms with Crippen LogP contribution in [0.1, 0.15) is 44.4 Å². The van der Waals surface area contributed by atoms with Gasteiger partial charge in [0, 0.05) is 21.0 Å². The second-order valence-corrected chi connectivity index (χ2v) is 19.5. The molecule has 3 aromatic rings. The molecule has 0 spiro atoms. The van der Waals surface area contributed by atoms with Crippen molar-refractivity contribution in [3.8, 4) is 5.75 Å². The number of ether oxygens (including phenoxy) is 2. The van der Waals surface area contributed by atoms with Gasteiger partial charge in [0.1, 0.15) is 25.0 Å². The molecule has 240 valence electrons. The molecule has 1 atom stereocenters. The molecule has 1 N–H and O–H groups in total. The van der Waals surface area contributed by atoms with Crippen molar-refractivity contribution in [2.75, 3.05) is 6.54 Å². The number of benzene rings is 3. The number of nitrogens with zero attached hydrogens (tertiary/aromatic N) is 1. The molecule has 4 rings (SSSR count). The fourth-order valence-corrected chi connectivity index (χ4v) is 5.84. The van der Waals surface area contributed by atoms with Gasteiger partial charge in [-0.15, -0.1) is 0 Å². The molecule has 0 radical (unpaired) electrons. The average molecular weight is 632 g/mol. The molecular weight excluding hydrogens is 585 g/mol. The van der Waals surface area contributed by atoms with Gasteiger partial charge in [-0.3, -0.25) is 4.90 Å². The summed E-state index contributed by atoms with van der Waals surface area (Å²) in [4.78, 5) is 27.9. The third-order valence-electron chi connectivity index (χ3n) is 8.46. The lowest BCUT2D eigenvalue weighted by Gasteiger charge is -2.32. The number of carboxylic acid groups (broad SMARTS) is 1. The van der Waals surface area contributed by atoms with Gasteiger partial charge in [-0.2, -0.15) is 0 Å². The Morgan fingerprint density at radius 1 is 0.867 bits per heavy atom. The molecule has 1 fully saturated rings. The van der Waals surface area contributed by atoms with Crippen LogP contribution in [0.2, 0.25) is 25.7 Å². The van der Waals surface area contributed by atoms with E-state index in [9.17, 15) is 14.7 Å². The zero-order chi connectivity index (χ0) is 32.8. The minimum atomic E-state index is -1.64. The van der Waals surface area contributed by atoms with E-state index in [1.165, 1.54) is 4.90 Å². The monoisotopic (exact) mass is 631 g/mol. The minimum absolute atomic E-state index is 0.0128. The van der Waals surface area contributed by atoms with Gasteiger partial charge in [-0.1, -0.05) is 92.4 Å². The highest BCUT2D eigenvalue weighted by Gasteiger charge is 2.51. The van der Waals surface area contributed by atoms with Crippen molar-refractivity contribution in [3.05, 3.63) is 95.6 Å². The Morgan fingerprint density at radius 2 is 1.42 bits per heavy atom. The van der Waals surface area contributed by atoms with Crippen molar-refractivity contribution in [2.24, 2.45) is 0 Å². The lowest BCUT2D eigenvalue weighted by atomic mass is 9.78. The quantitative estimate of drug-likeness (QED) is 0.214. The Hall–Kier alpha value is -3.60. The third kappa shape index (κ3) is 9.22. The number of amides is 1. The first-order valence-electron chi connectivity index (χ1n) is 15.5. The van der Waals surface area contributed by atoms with Crippen LogP contribution in [0, 0.1) is 0 Å². The summed E-state index contributed by atoms with van der Waals surface area (Å²) >= 11 is 0. The molecule has 0 saturated carbocycles. The van der Waals surface area contributed by atoms with Crippen LogP contribution < -0.4 is 10.2 Å². The van der Waals surface area contributed by atoms with Crippen LogP contribution in [0.25, 0.3) is 0 Å². The number of carboxylic acids is 1. The highest BCUT2D eigenvalue weighted by atomic mass is 28.3. The molecule has 0 aliphatic carbocycles. The van der Waals surface area contributed by atoms with Crippen molar-refractivity contribution >= 4 is 32.7 Å². The molecule has 1 amide bonds. The first-order valence-corrected chi connectivity index (χ1v) is 19.2. The molecule has 10 heteroatoms. The zero-order valence-electron chi connectivity index (χ0n) is 27.5. The van der Waals surface area contributed by atoms with Gasteiger partial charge in [-0.25, -0.2) is 9.59 Å². The van der Waals surface area contributed by atoms with Crippen LogP contribution in [-0.2, 0) is 38.5 Å². The van der Waals surface area contributed by atoms with E-state index in [1.807, 2.05) is 107 Å². The van der Waals surface area contributed by atoms with E-state index in [1.54, 1.807) is 0 Å². The van der Waals surface area contributed by atoms with Gasteiger partial charge in [0.05, 0.1) is 11.2 Å². The van der Waals surface area contributed by atoms with E-state index in [2.05, 4.69) is 19.6 Å². The Morgan fingerprint density at radius 3 is 1.96 bits per heavy atom. The van der Waals surface area contributed by atoms with E-state index in [0.717, 1.165) is 22.6 Å². The Bertz CT molecular complexity index is 1430. The van der Waals surface area contributed by atoms with Gasteiger partial charge in [0.15, 0.2) is 0 Å². The molecular formula is C35H46BNO7Si. The van der Waals surface area contributed by atoms with E-state index in [0.29, 0.717) is 17.9 Å². The van der Waals surface area contributed by atoms with E-state index in [-0.39, 0.29) is 19.6 Å². The molecule has 1 saturated heterocycles. The second kappa shape index (κ2) is 14.2. The largest absolute Gasteiger partial charge is 0.494 e. The molecule has 3 aromatic carbocycles. The number of hydrogen-bond donors (Lipinski definition) is 1. The fraction of sp³-hybridized carbons (Fsp3) is 0.429. The number of aliphatic carboxylic acids is 1. The Labute approximate surface area is 268 Å². The summed E-state index contributed by atoms with van der Waals surface area (Å²) in [6.45, 7) is 15.2. The highest BCUT2D eigenvalue weighted by Crippen LogP contribution is 2.37. The first kappa shape index (κ1) is 34.3. The lowest BCUT2D eigenvalue weighted by molar-refractivity contribution is -0.142. The highest BCUT2D eigenvalue weighted by molar-refractivity contribution is 6.76. The molecule has 0 unspecified atom stereocenters. The number of rotatable bonds is 13. The summed E-state index contributed by atoms with van der Waals surface area (Å²) in [5, 5.41) is 10.6. The Kier molecular flexibility index (Phi) is 10.8. The van der Waals surface area contributed by atoms with Gasteiger partial charge in [0.2, 0.25) is 0 Å². The Balaban J connectivity index is 1.66. The van der Waals surface area contributed by atoms with Crippen molar-refractivity contribution in [3.63, 3.8) is 0 Å². The number of carbonyl (C=O) groups excluding carboxylic acids is 1. The van der Waals surface area contributed by atoms with E-state index >= 15 is 0 Å². The summed E-state index contributed by atoms with van der Waals surface area (Å²) in [5.74, 6) is -0.578. The summed E-state index contributed by atoms with van der Waals surface area (Å²) in [6.07, 6.45) is -0.641. The van der Waals surface area contributed by atoms with Crippen molar-refractivity contribution in [1.82, 2.24) is 4.90 Å². The molecule has 1 aliphatic heterocycles. The smallest absolute Gasteiger partial charge is 0.489 e. The summed E-state index contributed by atoms with van der Waals surface area (Å²) in [7, 11) is -2.28. The zero-order valence-corrected chi connectivity index (χ0v) is 28.5. The fourth-order valence-electron chi connectivity index (χ4n) is 4.93. The normalized spacial score (nSPS) is 16.2. The molecule has 1 heterocycles. The molecule has 0 aromatic heterocycles. The predicted octanol–water partition coefficient (Wildman–Crippen LogP) is 6.54. The maximum atomic E-state index is 13.6. The van der Waals surface area contributed by atoms with Crippen LogP contribution in [0.3, 0.4) is 0 Å². The molecule has 8 nitrogen and oxygen atoms in total. The van der Waals surface area contributed by atoms with Gasteiger partial charge >= 0.3 is 19.2 Å². The lowest BCUT2D eigenvalue weighted by Crippen LogP contribution is -2.48. The van der Waals surface area contributed by atoms with Crippen molar-refractivity contribution in [2.45, 2.75) is 90.3 Å². The SMILES string of the molecule is CC1(C)OB(c2ccc(OCc3ccccc3)c(C[C@@H](C(=O)O)N(CC[Si](C)(C)C)C(=O)OCc3ccccc3)c2)OC1(C)C. The van der Waals surface area contributed by atoms with E-state index in [4.69, 9.17) is 18.8 Å². The number of carbonyl (C=O) groups is 2. The number of hydrogen-bond acceptors (Lipinski definition) is 6. The predicted molar refractivity (Wildman–Crippen MR) is 180 cm³/mol. The average Bonchev–Trinajstić information content (AvgIpc) is 3.21. The molecule has 0 bridgehead atoms. The maximum absolute atomic E-state index is 13.6. The standard InChI is InChI=1S/C35H46BNO7Si/c1-34(2)35(3,4)44-36(43-34)29-18-19-31(41-24-26-14-10-8-11-15-26)28(22-29)23-30(32(38)39)37(20-21-45(5,6)7)33(40)42-25-27-16-12-9-13-17-27/h8-19,22,30H,20-21,23-25H2,1-7H3,(H,38,39)/t30-/m0/s1. The van der Waals surface area contributed by atoms with Crippen LogP contribution >= 0.6 is 0 Å². The van der Waals surface area contributed by atoms with Crippen molar-refractivity contribution < 1.29 is 33.5 Å².